The molecule has 1 aliphatic rings. The van der Waals surface area contributed by atoms with Crippen molar-refractivity contribution in [3.8, 4) is 11.5 Å². The zero-order chi connectivity index (χ0) is 20.1. The van der Waals surface area contributed by atoms with Crippen molar-refractivity contribution in [3.05, 3.63) is 52.8 Å². The fourth-order valence-electron chi connectivity index (χ4n) is 3.11. The normalized spacial score (nSPS) is 14.6. The zero-order valence-electron chi connectivity index (χ0n) is 15.9. The Bertz CT molecular complexity index is 844. The van der Waals surface area contributed by atoms with Crippen LogP contribution in [0.3, 0.4) is 0 Å². The summed E-state index contributed by atoms with van der Waals surface area (Å²) in [5.74, 6) is 1.04. The molecular weight excluding hydrogens is 401 g/mol. The van der Waals surface area contributed by atoms with E-state index in [0.29, 0.717) is 10.9 Å². The molecule has 1 fully saturated rings. The summed E-state index contributed by atoms with van der Waals surface area (Å²) in [4.78, 5) is 4.43. The van der Waals surface area contributed by atoms with Crippen LogP contribution in [0.1, 0.15) is 5.56 Å². The van der Waals surface area contributed by atoms with Gasteiger partial charge in [0, 0.05) is 38.8 Å². The van der Waals surface area contributed by atoms with E-state index < -0.39 is 0 Å². The van der Waals surface area contributed by atoms with Crippen LogP contribution in [0, 0.1) is 5.82 Å². The predicted molar refractivity (Wildman–Crippen MR) is 114 cm³/mol. The largest absolute Gasteiger partial charge is 0.497 e. The minimum atomic E-state index is -0.389. The molecular formula is C20H23ClFN3O2S. The molecule has 8 heteroatoms. The summed E-state index contributed by atoms with van der Waals surface area (Å²) >= 11 is 11.5. The first kappa shape index (κ1) is 20.6. The van der Waals surface area contributed by atoms with Gasteiger partial charge in [0.25, 0.3) is 0 Å². The molecule has 0 radical (unpaired) electrons. The van der Waals surface area contributed by atoms with Crippen LogP contribution in [0.4, 0.5) is 10.1 Å². The fraction of sp³-hybridized carbons (Fsp3) is 0.350. The van der Waals surface area contributed by atoms with E-state index in [-0.39, 0.29) is 10.8 Å². The van der Waals surface area contributed by atoms with E-state index in [4.69, 9.17) is 33.3 Å². The summed E-state index contributed by atoms with van der Waals surface area (Å²) in [6, 6.07) is 10.4. The Morgan fingerprint density at radius 2 is 1.86 bits per heavy atom. The Morgan fingerprint density at radius 1 is 1.11 bits per heavy atom. The van der Waals surface area contributed by atoms with Crippen molar-refractivity contribution < 1.29 is 13.9 Å². The summed E-state index contributed by atoms with van der Waals surface area (Å²) in [6.45, 7) is 4.04. The number of nitrogens with zero attached hydrogens (tertiary/aromatic N) is 2. The topological polar surface area (TPSA) is 37.0 Å². The third-order valence-electron chi connectivity index (χ3n) is 4.70. The van der Waals surface area contributed by atoms with E-state index >= 15 is 0 Å². The molecule has 150 valence electrons. The van der Waals surface area contributed by atoms with Gasteiger partial charge >= 0.3 is 0 Å². The number of nitrogens with one attached hydrogen (secondary N) is 1. The standard InChI is InChI=1S/C20H23ClFN3O2S/c1-26-15-4-6-19(27-2)18(12-15)23-20(28)25-9-7-24(8-10-25)13-14-3-5-17(22)16(21)11-14/h3-6,11-12H,7-10,13H2,1-2H3,(H,23,28). The average Bonchev–Trinajstić information content (AvgIpc) is 2.71. The Morgan fingerprint density at radius 3 is 2.50 bits per heavy atom. The lowest BCUT2D eigenvalue weighted by Gasteiger charge is -2.36. The van der Waals surface area contributed by atoms with Crippen molar-refractivity contribution in [3.63, 3.8) is 0 Å². The maximum absolute atomic E-state index is 13.3. The second kappa shape index (κ2) is 9.41. The highest BCUT2D eigenvalue weighted by atomic mass is 35.5. The Kier molecular flexibility index (Phi) is 6.93. The molecule has 0 atom stereocenters. The minimum Gasteiger partial charge on any atom is -0.497 e. The lowest BCUT2D eigenvalue weighted by atomic mass is 10.2. The molecule has 0 saturated carbocycles. The van der Waals surface area contributed by atoms with E-state index in [0.717, 1.165) is 49.7 Å². The number of thiocarbonyl (C=S) groups is 1. The van der Waals surface area contributed by atoms with Gasteiger partial charge in [-0.2, -0.15) is 0 Å². The molecule has 1 heterocycles. The summed E-state index contributed by atoms with van der Waals surface area (Å²) < 4.78 is 24.0. The van der Waals surface area contributed by atoms with Crippen LogP contribution in [-0.2, 0) is 6.54 Å². The quantitative estimate of drug-likeness (QED) is 0.732. The number of hydrogen-bond acceptors (Lipinski definition) is 4. The predicted octanol–water partition coefficient (Wildman–Crippen LogP) is 4.01. The Labute approximate surface area is 175 Å². The number of halogens is 2. The molecule has 2 aromatic carbocycles. The van der Waals surface area contributed by atoms with Gasteiger partial charge in [0.1, 0.15) is 17.3 Å². The van der Waals surface area contributed by atoms with Crippen molar-refractivity contribution in [2.45, 2.75) is 6.54 Å². The highest BCUT2D eigenvalue weighted by molar-refractivity contribution is 7.80. The average molecular weight is 424 g/mol. The highest BCUT2D eigenvalue weighted by Crippen LogP contribution is 2.29. The van der Waals surface area contributed by atoms with Crippen LogP contribution in [0.25, 0.3) is 0 Å². The van der Waals surface area contributed by atoms with Gasteiger partial charge in [0.05, 0.1) is 24.9 Å². The van der Waals surface area contributed by atoms with Gasteiger partial charge in [0.15, 0.2) is 5.11 Å². The van der Waals surface area contributed by atoms with E-state index in [1.165, 1.54) is 6.07 Å². The molecule has 0 aromatic heterocycles. The fourth-order valence-corrected chi connectivity index (χ4v) is 3.61. The first-order valence-corrected chi connectivity index (χ1v) is 9.73. The molecule has 3 rings (SSSR count). The van der Waals surface area contributed by atoms with Crippen LogP contribution in [0.15, 0.2) is 36.4 Å². The van der Waals surface area contributed by atoms with Gasteiger partial charge in [-0.05, 0) is 42.0 Å². The molecule has 0 aliphatic carbocycles. The van der Waals surface area contributed by atoms with Crippen molar-refractivity contribution in [1.82, 2.24) is 9.80 Å². The van der Waals surface area contributed by atoms with Gasteiger partial charge in [0.2, 0.25) is 0 Å². The molecule has 0 unspecified atom stereocenters. The number of methoxy groups -OCH3 is 2. The van der Waals surface area contributed by atoms with Gasteiger partial charge in [-0.25, -0.2) is 4.39 Å². The molecule has 1 aliphatic heterocycles. The second-order valence-electron chi connectivity index (χ2n) is 6.51. The zero-order valence-corrected chi connectivity index (χ0v) is 17.4. The van der Waals surface area contributed by atoms with Crippen LogP contribution in [0.5, 0.6) is 11.5 Å². The number of anilines is 1. The van der Waals surface area contributed by atoms with Crippen molar-refractivity contribution in [2.24, 2.45) is 0 Å². The molecule has 28 heavy (non-hydrogen) atoms. The number of rotatable bonds is 5. The van der Waals surface area contributed by atoms with E-state index in [9.17, 15) is 4.39 Å². The van der Waals surface area contributed by atoms with Crippen LogP contribution < -0.4 is 14.8 Å². The number of benzene rings is 2. The molecule has 0 amide bonds. The lowest BCUT2D eigenvalue weighted by Crippen LogP contribution is -2.49. The van der Waals surface area contributed by atoms with Crippen molar-refractivity contribution in [1.29, 1.82) is 0 Å². The first-order chi connectivity index (χ1) is 13.5. The second-order valence-corrected chi connectivity index (χ2v) is 7.30. The third kappa shape index (κ3) is 5.04. The van der Waals surface area contributed by atoms with Gasteiger partial charge in [-0.3, -0.25) is 4.90 Å². The lowest BCUT2D eigenvalue weighted by molar-refractivity contribution is 0.177. The SMILES string of the molecule is COc1ccc(OC)c(NC(=S)N2CCN(Cc3ccc(F)c(Cl)c3)CC2)c1. The molecule has 0 spiro atoms. The van der Waals surface area contributed by atoms with Gasteiger partial charge in [-0.15, -0.1) is 0 Å². The summed E-state index contributed by atoms with van der Waals surface area (Å²) in [5, 5.41) is 4.07. The molecule has 1 saturated heterocycles. The van der Waals surface area contributed by atoms with Crippen molar-refractivity contribution in [2.75, 3.05) is 45.7 Å². The maximum atomic E-state index is 13.3. The smallest absolute Gasteiger partial charge is 0.173 e. The van der Waals surface area contributed by atoms with Crippen LogP contribution in [-0.4, -0.2) is 55.3 Å². The molecule has 1 N–H and O–H groups in total. The van der Waals surface area contributed by atoms with Gasteiger partial charge < -0.3 is 19.7 Å². The monoisotopic (exact) mass is 423 g/mol. The minimum absolute atomic E-state index is 0.161. The number of hydrogen-bond donors (Lipinski definition) is 1. The molecule has 2 aromatic rings. The maximum Gasteiger partial charge on any atom is 0.173 e. The summed E-state index contributed by atoms with van der Waals surface area (Å²) in [5.41, 5.74) is 1.77. The Balaban J connectivity index is 1.56. The highest BCUT2D eigenvalue weighted by Gasteiger charge is 2.20. The van der Waals surface area contributed by atoms with Crippen LogP contribution in [0.2, 0.25) is 5.02 Å². The number of piperazine rings is 1. The number of ether oxygens (including phenoxy) is 2. The van der Waals surface area contributed by atoms with Crippen molar-refractivity contribution >= 4 is 34.6 Å². The molecule has 5 nitrogen and oxygen atoms in total. The summed E-state index contributed by atoms with van der Waals surface area (Å²) in [7, 11) is 3.24. The van der Waals surface area contributed by atoms with E-state index in [1.807, 2.05) is 18.2 Å². The van der Waals surface area contributed by atoms with E-state index in [2.05, 4.69) is 15.1 Å². The first-order valence-electron chi connectivity index (χ1n) is 8.94. The van der Waals surface area contributed by atoms with Crippen LogP contribution >= 0.6 is 23.8 Å². The van der Waals surface area contributed by atoms with Gasteiger partial charge in [-0.1, -0.05) is 17.7 Å². The third-order valence-corrected chi connectivity index (χ3v) is 5.35. The summed E-state index contributed by atoms with van der Waals surface area (Å²) in [6.07, 6.45) is 0. The van der Waals surface area contributed by atoms with E-state index in [1.54, 1.807) is 26.4 Å². The Hall–Kier alpha value is -2.09. The molecule has 0 bridgehead atoms.